The molecule has 0 aliphatic rings. The fraction of sp³-hybridized carbons (Fsp3) is 0.933. The Morgan fingerprint density at radius 2 is 1.56 bits per heavy atom. The second-order valence-corrected chi connectivity index (χ2v) is 6.95. The van der Waals surface area contributed by atoms with Gasteiger partial charge in [0.15, 0.2) is 0 Å². The molecule has 0 saturated heterocycles. The van der Waals surface area contributed by atoms with Gasteiger partial charge < -0.3 is 9.47 Å². The fourth-order valence-electron chi connectivity index (χ4n) is 1.56. The summed E-state index contributed by atoms with van der Waals surface area (Å²) in [6.07, 6.45) is 2.09. The van der Waals surface area contributed by atoms with Crippen LogP contribution in [0.1, 0.15) is 60.8 Å². The monoisotopic (exact) mass is 258 g/mol. The van der Waals surface area contributed by atoms with E-state index in [2.05, 4.69) is 20.8 Å². The average molecular weight is 258 g/mol. The van der Waals surface area contributed by atoms with Gasteiger partial charge in [0.1, 0.15) is 5.78 Å². The molecule has 0 radical (unpaired) electrons. The molecule has 0 rings (SSSR count). The predicted molar refractivity (Wildman–Crippen MR) is 74.8 cm³/mol. The van der Waals surface area contributed by atoms with Gasteiger partial charge in [0.25, 0.3) is 0 Å². The standard InChI is InChI=1S/C15H30O3/c1-14(2,3)12-13(16)8-7-9-17-10-11-18-15(4,5)6/h7-12H2,1-6H3. The zero-order valence-electron chi connectivity index (χ0n) is 13.0. The van der Waals surface area contributed by atoms with Crippen LogP contribution in [-0.2, 0) is 14.3 Å². The Balaban J connectivity index is 3.39. The highest BCUT2D eigenvalue weighted by atomic mass is 16.5. The molecule has 0 aliphatic carbocycles. The maximum absolute atomic E-state index is 11.6. The molecule has 0 unspecified atom stereocenters. The number of ether oxygens (including phenoxy) is 2. The van der Waals surface area contributed by atoms with Gasteiger partial charge in [-0.15, -0.1) is 0 Å². The van der Waals surface area contributed by atoms with E-state index in [9.17, 15) is 4.79 Å². The van der Waals surface area contributed by atoms with Crippen molar-refractivity contribution >= 4 is 5.78 Å². The normalized spacial score (nSPS) is 12.8. The van der Waals surface area contributed by atoms with E-state index in [1.807, 2.05) is 20.8 Å². The fourth-order valence-corrected chi connectivity index (χ4v) is 1.56. The molecule has 108 valence electrons. The minimum absolute atomic E-state index is 0.0957. The summed E-state index contributed by atoms with van der Waals surface area (Å²) in [7, 11) is 0. The molecule has 0 amide bonds. The molecule has 0 aromatic carbocycles. The highest BCUT2D eigenvalue weighted by Crippen LogP contribution is 2.19. The van der Waals surface area contributed by atoms with Crippen LogP contribution in [0.4, 0.5) is 0 Å². The van der Waals surface area contributed by atoms with Gasteiger partial charge in [-0.2, -0.15) is 0 Å². The van der Waals surface area contributed by atoms with E-state index in [0.29, 0.717) is 38.4 Å². The molecular formula is C15H30O3. The van der Waals surface area contributed by atoms with Crippen LogP contribution in [0.15, 0.2) is 0 Å². The van der Waals surface area contributed by atoms with Crippen molar-refractivity contribution in [1.29, 1.82) is 0 Å². The molecule has 18 heavy (non-hydrogen) atoms. The quantitative estimate of drug-likeness (QED) is 0.624. The summed E-state index contributed by atoms with van der Waals surface area (Å²) in [5.74, 6) is 0.331. The third kappa shape index (κ3) is 13.7. The van der Waals surface area contributed by atoms with Crippen LogP contribution >= 0.6 is 0 Å². The van der Waals surface area contributed by atoms with Crippen molar-refractivity contribution in [1.82, 2.24) is 0 Å². The number of ketones is 1. The average Bonchev–Trinajstić information content (AvgIpc) is 2.11. The van der Waals surface area contributed by atoms with Crippen LogP contribution in [0, 0.1) is 5.41 Å². The van der Waals surface area contributed by atoms with E-state index in [1.54, 1.807) is 0 Å². The molecule has 0 saturated carbocycles. The van der Waals surface area contributed by atoms with Crippen molar-refractivity contribution in [2.24, 2.45) is 5.41 Å². The van der Waals surface area contributed by atoms with Gasteiger partial charge >= 0.3 is 0 Å². The summed E-state index contributed by atoms with van der Waals surface area (Å²) in [6, 6.07) is 0. The second-order valence-electron chi connectivity index (χ2n) is 6.95. The van der Waals surface area contributed by atoms with Crippen molar-refractivity contribution in [3.05, 3.63) is 0 Å². The molecule has 0 atom stereocenters. The van der Waals surface area contributed by atoms with Crippen LogP contribution in [-0.4, -0.2) is 31.2 Å². The second kappa shape index (κ2) is 7.90. The van der Waals surface area contributed by atoms with Crippen molar-refractivity contribution in [3.63, 3.8) is 0 Å². The van der Waals surface area contributed by atoms with Crippen molar-refractivity contribution < 1.29 is 14.3 Å². The highest BCUT2D eigenvalue weighted by Gasteiger charge is 2.15. The van der Waals surface area contributed by atoms with E-state index in [-0.39, 0.29) is 11.0 Å². The zero-order valence-corrected chi connectivity index (χ0v) is 13.0. The molecule has 0 aromatic rings. The Hall–Kier alpha value is -0.410. The smallest absolute Gasteiger partial charge is 0.133 e. The molecule has 0 aromatic heterocycles. The van der Waals surface area contributed by atoms with Crippen molar-refractivity contribution in [2.75, 3.05) is 19.8 Å². The first-order valence-electron chi connectivity index (χ1n) is 6.83. The van der Waals surface area contributed by atoms with E-state index in [0.717, 1.165) is 6.42 Å². The first-order chi connectivity index (χ1) is 8.10. The van der Waals surface area contributed by atoms with Gasteiger partial charge in [0, 0.05) is 19.4 Å². The van der Waals surface area contributed by atoms with E-state index in [4.69, 9.17) is 9.47 Å². The summed E-state index contributed by atoms with van der Waals surface area (Å²) < 4.78 is 11.0. The minimum atomic E-state index is -0.105. The number of carbonyl (C=O) groups excluding carboxylic acids is 1. The van der Waals surface area contributed by atoms with Crippen LogP contribution in [0.2, 0.25) is 0 Å². The van der Waals surface area contributed by atoms with Gasteiger partial charge in [0.05, 0.1) is 18.8 Å². The lowest BCUT2D eigenvalue weighted by atomic mass is 9.89. The van der Waals surface area contributed by atoms with E-state index >= 15 is 0 Å². The van der Waals surface area contributed by atoms with E-state index < -0.39 is 0 Å². The number of hydrogen-bond donors (Lipinski definition) is 0. The molecule has 0 N–H and O–H groups in total. The first kappa shape index (κ1) is 17.6. The van der Waals surface area contributed by atoms with Gasteiger partial charge in [-0.05, 0) is 32.6 Å². The first-order valence-corrected chi connectivity index (χ1v) is 6.83. The maximum atomic E-state index is 11.6. The summed E-state index contributed by atoms with van der Waals surface area (Å²) in [5, 5.41) is 0. The highest BCUT2D eigenvalue weighted by molar-refractivity contribution is 5.78. The summed E-state index contributed by atoms with van der Waals surface area (Å²) in [5.41, 5.74) is -0.00940. The molecule has 0 aliphatic heterocycles. The van der Waals surface area contributed by atoms with Crippen LogP contribution in [0.5, 0.6) is 0 Å². The molecule has 0 bridgehead atoms. The van der Waals surface area contributed by atoms with Gasteiger partial charge in [-0.1, -0.05) is 20.8 Å². The van der Waals surface area contributed by atoms with E-state index in [1.165, 1.54) is 0 Å². The number of rotatable bonds is 8. The molecule has 3 nitrogen and oxygen atoms in total. The number of carbonyl (C=O) groups is 1. The Labute approximate surface area is 112 Å². The number of Topliss-reactive ketones (excluding diaryl/α,β-unsaturated/α-hetero) is 1. The molecule has 0 spiro atoms. The lowest BCUT2D eigenvalue weighted by Crippen LogP contribution is -2.22. The predicted octanol–water partition coefficient (Wildman–Crippen LogP) is 3.60. The Kier molecular flexibility index (Phi) is 7.72. The molecular weight excluding hydrogens is 228 g/mol. The molecule has 0 heterocycles. The maximum Gasteiger partial charge on any atom is 0.133 e. The third-order valence-corrected chi connectivity index (χ3v) is 2.23. The van der Waals surface area contributed by atoms with Gasteiger partial charge in [-0.25, -0.2) is 0 Å². The summed E-state index contributed by atoms with van der Waals surface area (Å²) >= 11 is 0. The SMILES string of the molecule is CC(C)(C)CC(=O)CCCOCCOC(C)(C)C. The van der Waals surface area contributed by atoms with Crippen molar-refractivity contribution in [3.8, 4) is 0 Å². The summed E-state index contributed by atoms with van der Waals surface area (Å²) in [6.45, 7) is 14.2. The lowest BCUT2D eigenvalue weighted by molar-refractivity contribution is -0.121. The van der Waals surface area contributed by atoms with Gasteiger partial charge in [-0.3, -0.25) is 4.79 Å². The Bertz CT molecular complexity index is 233. The van der Waals surface area contributed by atoms with Crippen LogP contribution < -0.4 is 0 Å². The molecule has 0 fully saturated rings. The van der Waals surface area contributed by atoms with Gasteiger partial charge in [0.2, 0.25) is 0 Å². The summed E-state index contributed by atoms with van der Waals surface area (Å²) in [4.78, 5) is 11.6. The largest absolute Gasteiger partial charge is 0.379 e. The minimum Gasteiger partial charge on any atom is -0.379 e. The van der Waals surface area contributed by atoms with Crippen LogP contribution in [0.3, 0.4) is 0 Å². The van der Waals surface area contributed by atoms with Crippen molar-refractivity contribution in [2.45, 2.75) is 66.4 Å². The third-order valence-electron chi connectivity index (χ3n) is 2.23. The topological polar surface area (TPSA) is 35.5 Å². The Morgan fingerprint density at radius 3 is 2.06 bits per heavy atom. The Morgan fingerprint density at radius 1 is 0.944 bits per heavy atom. The molecule has 3 heteroatoms. The number of hydrogen-bond acceptors (Lipinski definition) is 3. The van der Waals surface area contributed by atoms with Crippen LogP contribution in [0.25, 0.3) is 0 Å². The lowest BCUT2D eigenvalue weighted by Gasteiger charge is -2.19. The zero-order chi connectivity index (χ0) is 14.2.